The second kappa shape index (κ2) is 7.68. The summed E-state index contributed by atoms with van der Waals surface area (Å²) in [6.07, 6.45) is 1.07. The van der Waals surface area contributed by atoms with E-state index in [-0.39, 0.29) is 12.5 Å². The van der Waals surface area contributed by atoms with Crippen molar-refractivity contribution >= 4 is 33.2 Å². The van der Waals surface area contributed by atoms with Gasteiger partial charge in [-0.25, -0.2) is 8.42 Å². The summed E-state index contributed by atoms with van der Waals surface area (Å²) in [4.78, 5) is 12.2. The highest BCUT2D eigenvalue weighted by Crippen LogP contribution is 2.20. The van der Waals surface area contributed by atoms with Crippen molar-refractivity contribution in [1.29, 1.82) is 0 Å². The highest BCUT2D eigenvalue weighted by atomic mass is 35.5. The fourth-order valence-corrected chi connectivity index (χ4v) is 3.18. The van der Waals surface area contributed by atoms with Crippen LogP contribution in [0.1, 0.15) is 11.1 Å². The number of carbonyl (C=O) groups is 1. The van der Waals surface area contributed by atoms with Crippen LogP contribution in [-0.4, -0.2) is 27.1 Å². The Hall–Kier alpha value is -2.05. The molecule has 0 aliphatic heterocycles. The molecule has 128 valence electrons. The number of hydrogen-bond donors (Lipinski definition) is 1. The molecule has 0 spiro atoms. The number of nitrogens with zero attached hydrogens (tertiary/aromatic N) is 1. The van der Waals surface area contributed by atoms with Crippen molar-refractivity contribution in [3.05, 3.63) is 64.7 Å². The zero-order valence-electron chi connectivity index (χ0n) is 13.5. The predicted molar refractivity (Wildman–Crippen MR) is 96.7 cm³/mol. The molecule has 0 bridgehead atoms. The van der Waals surface area contributed by atoms with E-state index in [0.717, 1.165) is 21.7 Å². The molecule has 5 nitrogen and oxygen atoms in total. The van der Waals surface area contributed by atoms with E-state index in [2.05, 4.69) is 5.32 Å². The third-order valence-corrected chi connectivity index (χ3v) is 4.93. The monoisotopic (exact) mass is 366 g/mol. The summed E-state index contributed by atoms with van der Waals surface area (Å²) in [5.41, 5.74) is 2.45. The molecular weight excluding hydrogens is 348 g/mol. The smallest absolute Gasteiger partial charge is 0.241 e. The molecule has 7 heteroatoms. The first-order chi connectivity index (χ1) is 11.3. The van der Waals surface area contributed by atoms with Crippen molar-refractivity contribution in [2.45, 2.75) is 13.5 Å². The molecule has 0 unspecified atom stereocenters. The quantitative estimate of drug-likeness (QED) is 0.854. The van der Waals surface area contributed by atoms with Crippen molar-refractivity contribution in [1.82, 2.24) is 5.32 Å². The van der Waals surface area contributed by atoms with Gasteiger partial charge in [0.05, 0.1) is 11.9 Å². The minimum atomic E-state index is -3.59. The van der Waals surface area contributed by atoms with Gasteiger partial charge in [0.1, 0.15) is 6.54 Å². The predicted octanol–water partition coefficient (Wildman–Crippen LogP) is 2.73. The Bertz CT molecular complexity index is 820. The van der Waals surface area contributed by atoms with Crippen LogP contribution in [0.2, 0.25) is 5.02 Å². The van der Waals surface area contributed by atoms with E-state index in [1.165, 1.54) is 0 Å². The SMILES string of the molecule is Cc1ccccc1CNC(=O)CN(c1ccc(Cl)cc1)S(C)(=O)=O. The number of rotatable bonds is 6. The molecule has 2 aromatic carbocycles. The Morgan fingerprint density at radius 2 is 1.75 bits per heavy atom. The van der Waals surface area contributed by atoms with Gasteiger partial charge in [0.25, 0.3) is 0 Å². The molecule has 2 rings (SSSR count). The third-order valence-electron chi connectivity index (χ3n) is 3.54. The van der Waals surface area contributed by atoms with Crippen LogP contribution in [0.15, 0.2) is 48.5 Å². The van der Waals surface area contributed by atoms with Gasteiger partial charge in [-0.05, 0) is 42.3 Å². The van der Waals surface area contributed by atoms with E-state index < -0.39 is 10.0 Å². The first kappa shape index (κ1) is 18.3. The third kappa shape index (κ3) is 4.97. The average molecular weight is 367 g/mol. The molecule has 0 saturated carbocycles. The van der Waals surface area contributed by atoms with E-state index in [4.69, 9.17) is 11.6 Å². The number of sulfonamides is 1. The summed E-state index contributed by atoms with van der Waals surface area (Å²) in [6, 6.07) is 14.0. The van der Waals surface area contributed by atoms with Crippen LogP contribution in [0, 0.1) is 6.92 Å². The van der Waals surface area contributed by atoms with Gasteiger partial charge in [0.15, 0.2) is 0 Å². The van der Waals surface area contributed by atoms with Crippen LogP contribution in [0.25, 0.3) is 0 Å². The number of nitrogens with one attached hydrogen (secondary N) is 1. The maximum Gasteiger partial charge on any atom is 0.241 e. The fraction of sp³-hybridized carbons (Fsp3) is 0.235. The minimum absolute atomic E-state index is 0.285. The summed E-state index contributed by atoms with van der Waals surface area (Å²) in [7, 11) is -3.59. The van der Waals surface area contributed by atoms with Crippen LogP contribution in [-0.2, 0) is 21.4 Å². The molecule has 24 heavy (non-hydrogen) atoms. The van der Waals surface area contributed by atoms with E-state index in [0.29, 0.717) is 17.3 Å². The Morgan fingerprint density at radius 1 is 1.12 bits per heavy atom. The lowest BCUT2D eigenvalue weighted by atomic mass is 10.1. The van der Waals surface area contributed by atoms with Gasteiger partial charge in [-0.3, -0.25) is 9.10 Å². The second-order valence-electron chi connectivity index (χ2n) is 5.45. The van der Waals surface area contributed by atoms with Crippen molar-refractivity contribution in [2.75, 3.05) is 17.1 Å². The number of carbonyl (C=O) groups excluding carboxylic acids is 1. The molecule has 0 aliphatic carbocycles. The number of anilines is 1. The first-order valence-corrected chi connectivity index (χ1v) is 9.54. The summed E-state index contributed by atoms with van der Waals surface area (Å²) < 4.78 is 25.0. The molecule has 0 radical (unpaired) electrons. The van der Waals surface area contributed by atoms with Gasteiger partial charge in [-0.15, -0.1) is 0 Å². The summed E-state index contributed by atoms with van der Waals surface area (Å²) in [5.74, 6) is -0.376. The molecule has 0 aliphatic rings. The molecule has 2 aromatic rings. The lowest BCUT2D eigenvalue weighted by molar-refractivity contribution is -0.119. The normalized spacial score (nSPS) is 11.1. The largest absolute Gasteiger partial charge is 0.350 e. The van der Waals surface area contributed by atoms with Crippen LogP contribution in [0.5, 0.6) is 0 Å². The minimum Gasteiger partial charge on any atom is -0.350 e. The Labute approximate surface area is 147 Å². The van der Waals surface area contributed by atoms with Crippen molar-refractivity contribution in [2.24, 2.45) is 0 Å². The fourth-order valence-electron chi connectivity index (χ4n) is 2.20. The van der Waals surface area contributed by atoms with E-state index >= 15 is 0 Å². The van der Waals surface area contributed by atoms with Gasteiger partial charge < -0.3 is 5.32 Å². The zero-order valence-corrected chi connectivity index (χ0v) is 15.1. The average Bonchev–Trinajstić information content (AvgIpc) is 2.52. The Kier molecular flexibility index (Phi) is 5.85. The number of hydrogen-bond acceptors (Lipinski definition) is 3. The number of aryl methyl sites for hydroxylation is 1. The highest BCUT2D eigenvalue weighted by Gasteiger charge is 2.20. The van der Waals surface area contributed by atoms with Crippen molar-refractivity contribution in [3.63, 3.8) is 0 Å². The van der Waals surface area contributed by atoms with Gasteiger partial charge in [0, 0.05) is 11.6 Å². The molecule has 0 heterocycles. The van der Waals surface area contributed by atoms with Crippen LogP contribution in [0.3, 0.4) is 0 Å². The molecule has 0 saturated heterocycles. The molecule has 1 N–H and O–H groups in total. The van der Waals surface area contributed by atoms with Crippen LogP contribution < -0.4 is 9.62 Å². The molecule has 0 atom stereocenters. The van der Waals surface area contributed by atoms with Gasteiger partial charge >= 0.3 is 0 Å². The molecule has 0 fully saturated rings. The molecule has 1 amide bonds. The van der Waals surface area contributed by atoms with Crippen molar-refractivity contribution < 1.29 is 13.2 Å². The van der Waals surface area contributed by atoms with Crippen LogP contribution in [0.4, 0.5) is 5.69 Å². The molecular formula is C17H19ClN2O3S. The maximum absolute atomic E-state index is 12.2. The lowest BCUT2D eigenvalue weighted by Crippen LogP contribution is -2.40. The first-order valence-electron chi connectivity index (χ1n) is 7.32. The van der Waals surface area contributed by atoms with E-state index in [9.17, 15) is 13.2 Å². The standard InChI is InChI=1S/C17H19ClN2O3S/c1-13-5-3-4-6-14(13)11-19-17(21)12-20(24(2,22)23)16-9-7-15(18)8-10-16/h3-10H,11-12H2,1-2H3,(H,19,21). The second-order valence-corrected chi connectivity index (χ2v) is 7.79. The maximum atomic E-state index is 12.2. The summed E-state index contributed by atoms with van der Waals surface area (Å²) in [5, 5.41) is 3.25. The Balaban J connectivity index is 2.08. The summed E-state index contributed by atoms with van der Waals surface area (Å²) in [6.45, 7) is 2.02. The Morgan fingerprint density at radius 3 is 2.33 bits per heavy atom. The number of halogens is 1. The summed E-state index contributed by atoms with van der Waals surface area (Å²) >= 11 is 5.82. The van der Waals surface area contributed by atoms with Gasteiger partial charge in [-0.1, -0.05) is 35.9 Å². The van der Waals surface area contributed by atoms with E-state index in [1.54, 1.807) is 24.3 Å². The lowest BCUT2D eigenvalue weighted by Gasteiger charge is -2.22. The van der Waals surface area contributed by atoms with Gasteiger partial charge in [0.2, 0.25) is 15.9 Å². The topological polar surface area (TPSA) is 66.5 Å². The van der Waals surface area contributed by atoms with E-state index in [1.807, 2.05) is 31.2 Å². The number of amides is 1. The zero-order chi connectivity index (χ0) is 17.7. The van der Waals surface area contributed by atoms with Crippen LogP contribution >= 0.6 is 11.6 Å². The molecule has 0 aromatic heterocycles. The number of benzene rings is 2. The highest BCUT2D eigenvalue weighted by molar-refractivity contribution is 7.92. The van der Waals surface area contributed by atoms with Crippen molar-refractivity contribution in [3.8, 4) is 0 Å². The van der Waals surface area contributed by atoms with Gasteiger partial charge in [-0.2, -0.15) is 0 Å².